The Labute approximate surface area is 347 Å². The second-order valence-electron chi connectivity index (χ2n) is 17.6. The summed E-state index contributed by atoms with van der Waals surface area (Å²) in [4.78, 5) is 69.3. The molecule has 1 N–H and O–H groups in total. The van der Waals surface area contributed by atoms with Gasteiger partial charge in [0.2, 0.25) is 0 Å². The lowest BCUT2D eigenvalue weighted by molar-refractivity contribution is -0.295. The Balaban J connectivity index is 1.40. The molecule has 0 unspecified atom stereocenters. The summed E-state index contributed by atoms with van der Waals surface area (Å²) in [6.07, 6.45) is -2.27. The highest BCUT2D eigenvalue weighted by Crippen LogP contribution is 2.45. The van der Waals surface area contributed by atoms with Gasteiger partial charge in [0.25, 0.3) is 0 Å². The molecule has 0 saturated carbocycles. The van der Waals surface area contributed by atoms with Gasteiger partial charge >= 0.3 is 18.0 Å². The molecule has 1 aromatic heterocycles. The number of para-hydroxylation sites is 1. The monoisotopic (exact) mass is 822 g/mol. The molecule has 3 fully saturated rings. The number of carbonyl (C=O) groups excluding carboxylic acids is 4. The molecule has 0 spiro atoms. The number of ketones is 1. The minimum atomic E-state index is -1.38. The van der Waals surface area contributed by atoms with E-state index in [1.807, 2.05) is 71.8 Å². The molecular weight excluding hydrogens is 761 g/mol. The molecule has 15 nitrogen and oxygen atoms in total. The highest BCUT2D eigenvalue weighted by molar-refractivity contribution is 6.03. The van der Waals surface area contributed by atoms with Crippen LogP contribution in [0.4, 0.5) is 4.79 Å². The summed E-state index contributed by atoms with van der Waals surface area (Å²) in [7, 11) is 5.32. The van der Waals surface area contributed by atoms with Crippen LogP contribution < -0.4 is 0 Å². The smallest absolute Gasteiger partial charge is 0.411 e. The van der Waals surface area contributed by atoms with Gasteiger partial charge in [-0.2, -0.15) is 0 Å². The number of benzene rings is 1. The van der Waals surface area contributed by atoms with Gasteiger partial charge in [0, 0.05) is 42.3 Å². The number of esters is 2. The number of rotatable bonds is 8. The Hall–Kier alpha value is -4.02. The number of methoxy groups -OCH3 is 1. The van der Waals surface area contributed by atoms with Gasteiger partial charge in [0.05, 0.1) is 47.5 Å². The molecular formula is C44H62N4O11. The number of aliphatic imine (C=N–C) groups is 1. The Kier molecular flexibility index (Phi) is 13.2. The fraction of sp³-hybridized carbons (Fsp3) is 0.682. The van der Waals surface area contributed by atoms with Crippen LogP contribution in [0.5, 0.6) is 0 Å². The Bertz CT molecular complexity index is 1920. The third-order valence-electron chi connectivity index (χ3n) is 13.3. The lowest BCUT2D eigenvalue weighted by Crippen LogP contribution is -2.60. The molecule has 3 saturated heterocycles. The predicted octanol–water partition coefficient (Wildman–Crippen LogP) is 4.85. The second-order valence-corrected chi connectivity index (χ2v) is 17.6. The van der Waals surface area contributed by atoms with Gasteiger partial charge in [0.1, 0.15) is 24.7 Å². The maximum Gasteiger partial charge on any atom is 0.411 e. The number of aliphatic hydroxyl groups is 1. The average molecular weight is 823 g/mol. The van der Waals surface area contributed by atoms with Gasteiger partial charge in [0.15, 0.2) is 17.7 Å². The molecule has 4 aliphatic heterocycles. The van der Waals surface area contributed by atoms with Crippen molar-refractivity contribution in [3.8, 4) is 0 Å². The summed E-state index contributed by atoms with van der Waals surface area (Å²) in [5, 5.41) is 12.2. The number of aliphatic hydroxyl groups excluding tert-OH is 1. The van der Waals surface area contributed by atoms with Crippen LogP contribution in [0.1, 0.15) is 85.0 Å². The van der Waals surface area contributed by atoms with Gasteiger partial charge in [-0.1, -0.05) is 45.9 Å². The normalized spacial score (nSPS) is 38.3. The van der Waals surface area contributed by atoms with Crippen LogP contribution in [0, 0.1) is 23.7 Å². The number of ether oxygens (including phenoxy) is 6. The SMILES string of the molecule is CC[C@H]1OC(=O)[C@H](C)C(=O)[C@H](C)[C@@H](O[C@@H]2O[C@H](C)C[C@H](N(C)C)[C@H]2O)[C@](C)(OC)C[C@@H](C)C2=NC[C@H](COC(=O)c3ccnc4ccccc34)N3C(=O)O[C@@]1(C)[C@@H]3[C@@H]2C. The lowest BCUT2D eigenvalue weighted by atomic mass is 9.73. The van der Waals surface area contributed by atoms with E-state index in [0.717, 1.165) is 5.71 Å². The summed E-state index contributed by atoms with van der Waals surface area (Å²) in [6.45, 7) is 14.5. The lowest BCUT2D eigenvalue weighted by Gasteiger charge is -2.47. The van der Waals surface area contributed by atoms with E-state index in [-0.39, 0.29) is 37.6 Å². The topological polar surface area (TPSA) is 176 Å². The summed E-state index contributed by atoms with van der Waals surface area (Å²) < 4.78 is 37.7. The summed E-state index contributed by atoms with van der Waals surface area (Å²) in [6, 6.07) is 7.16. The Morgan fingerprint density at radius 2 is 1.76 bits per heavy atom. The zero-order valence-corrected chi connectivity index (χ0v) is 36.2. The van der Waals surface area contributed by atoms with Crippen LogP contribution in [-0.4, -0.2) is 144 Å². The molecule has 14 atom stereocenters. The fourth-order valence-electron chi connectivity index (χ4n) is 10.1. The van der Waals surface area contributed by atoms with Crippen molar-refractivity contribution in [2.75, 3.05) is 34.4 Å². The van der Waals surface area contributed by atoms with Crippen molar-refractivity contribution >= 4 is 40.4 Å². The van der Waals surface area contributed by atoms with E-state index in [1.54, 1.807) is 44.2 Å². The van der Waals surface area contributed by atoms with E-state index in [0.29, 0.717) is 29.3 Å². The van der Waals surface area contributed by atoms with Crippen LogP contribution in [0.15, 0.2) is 41.5 Å². The quantitative estimate of drug-likeness (QED) is 0.218. The molecule has 4 aliphatic rings. The first-order valence-corrected chi connectivity index (χ1v) is 20.9. The number of aromatic nitrogens is 1. The summed E-state index contributed by atoms with van der Waals surface area (Å²) in [5.41, 5.74) is -0.824. The number of cyclic esters (lactones) is 1. The number of fused-ring (bicyclic) bond motifs is 2. The van der Waals surface area contributed by atoms with Crippen molar-refractivity contribution in [2.24, 2.45) is 28.7 Å². The molecule has 1 aromatic carbocycles. The number of carbonyl (C=O) groups is 4. The predicted molar refractivity (Wildman–Crippen MR) is 218 cm³/mol. The van der Waals surface area contributed by atoms with E-state index in [2.05, 4.69) is 4.98 Å². The molecule has 2 aromatic rings. The Morgan fingerprint density at radius 1 is 1.05 bits per heavy atom. The van der Waals surface area contributed by atoms with Gasteiger partial charge in [-0.15, -0.1) is 0 Å². The van der Waals surface area contributed by atoms with Crippen LogP contribution >= 0.6 is 0 Å². The van der Waals surface area contributed by atoms with Crippen LogP contribution in [0.3, 0.4) is 0 Å². The number of Topliss-reactive ketones (excluding diaryl/α,β-unsaturated/α-hetero) is 1. The van der Waals surface area contributed by atoms with Crippen LogP contribution in [-0.2, 0) is 38.0 Å². The number of hydrogen-bond acceptors (Lipinski definition) is 14. The molecule has 5 heterocycles. The highest BCUT2D eigenvalue weighted by atomic mass is 16.7. The standard InChI is InChI=1S/C44H62N4O11/c1-12-33-44(8)37-25(4)34(46-21-28(48(37)42(53)59-44)22-55-40(52)30-17-18-45-31-16-14-13-15-29(30)31)23(2)20-43(7,54-11)38(26(5)35(49)27(6)39(51)57-33)58-41-36(50)32(47(9)10)19-24(3)56-41/h13-18,23-28,32-33,36-38,41,50H,12,19-22H2,1-11H3/t23-,24-,25-,26+,27-,28-,32+,33-,36-,37+,38-,41+,43-,44-/m1/s1. The van der Waals surface area contributed by atoms with Crippen LogP contribution in [0.2, 0.25) is 0 Å². The largest absolute Gasteiger partial charge is 0.460 e. The maximum absolute atomic E-state index is 14.4. The van der Waals surface area contributed by atoms with Gasteiger partial charge in [-0.25, -0.2) is 9.59 Å². The van der Waals surface area contributed by atoms with Crippen molar-refractivity contribution < 1.29 is 52.7 Å². The van der Waals surface area contributed by atoms with E-state index in [1.165, 1.54) is 6.92 Å². The zero-order chi connectivity index (χ0) is 43.1. The van der Waals surface area contributed by atoms with Gasteiger partial charge < -0.3 is 38.4 Å². The minimum Gasteiger partial charge on any atom is -0.460 e. The Morgan fingerprint density at radius 3 is 2.44 bits per heavy atom. The van der Waals surface area contributed by atoms with Crippen molar-refractivity contribution in [2.45, 2.75) is 135 Å². The number of likely N-dealkylation sites (N-methyl/N-ethyl adjacent to an activating group) is 1. The molecule has 1 amide bonds. The number of pyridine rings is 1. The number of amides is 1. The van der Waals surface area contributed by atoms with Crippen molar-refractivity contribution in [3.05, 3.63) is 42.1 Å². The van der Waals surface area contributed by atoms with Gasteiger partial charge in [-0.3, -0.25) is 24.5 Å². The second kappa shape index (κ2) is 17.5. The third-order valence-corrected chi connectivity index (χ3v) is 13.3. The number of hydrogen-bond donors (Lipinski definition) is 1. The average Bonchev–Trinajstić information content (AvgIpc) is 3.38. The van der Waals surface area contributed by atoms with Crippen molar-refractivity contribution in [1.82, 2.24) is 14.8 Å². The molecule has 15 heteroatoms. The van der Waals surface area contributed by atoms with E-state index >= 15 is 0 Å². The maximum atomic E-state index is 14.4. The van der Waals surface area contributed by atoms with E-state index in [4.69, 9.17) is 33.4 Å². The number of nitrogens with zero attached hydrogens (tertiary/aromatic N) is 4. The molecule has 59 heavy (non-hydrogen) atoms. The zero-order valence-electron chi connectivity index (χ0n) is 36.2. The van der Waals surface area contributed by atoms with E-state index < -0.39 is 89.5 Å². The third kappa shape index (κ3) is 8.37. The first-order valence-electron chi connectivity index (χ1n) is 20.9. The van der Waals surface area contributed by atoms with E-state index in [9.17, 15) is 24.3 Å². The summed E-state index contributed by atoms with van der Waals surface area (Å²) >= 11 is 0. The van der Waals surface area contributed by atoms with Crippen molar-refractivity contribution in [1.29, 1.82) is 0 Å². The molecule has 0 aliphatic carbocycles. The molecule has 2 bridgehead atoms. The molecule has 6 rings (SSSR count). The first-order chi connectivity index (χ1) is 27.9. The summed E-state index contributed by atoms with van der Waals surface area (Å²) in [5.74, 6) is -4.68. The molecule has 324 valence electrons. The highest BCUT2D eigenvalue weighted by Gasteiger charge is 2.62. The van der Waals surface area contributed by atoms with Gasteiger partial charge in [-0.05, 0) is 79.1 Å². The fourth-order valence-corrected chi connectivity index (χ4v) is 10.1. The first kappa shape index (κ1) is 44.5. The van der Waals surface area contributed by atoms with Crippen LogP contribution in [0.25, 0.3) is 10.9 Å². The molecule has 0 radical (unpaired) electrons. The van der Waals surface area contributed by atoms with Crippen molar-refractivity contribution in [3.63, 3.8) is 0 Å². The minimum absolute atomic E-state index is 0.0914.